The number of phenolic OH excluding ortho intramolecular Hbond substituents is 1. The molecule has 0 bridgehead atoms. The summed E-state index contributed by atoms with van der Waals surface area (Å²) >= 11 is 0. The average Bonchev–Trinajstić information content (AvgIpc) is 2.08. The summed E-state index contributed by atoms with van der Waals surface area (Å²) in [6.07, 6.45) is 0.273. The lowest BCUT2D eigenvalue weighted by molar-refractivity contribution is -0.138. The first-order valence-corrected chi connectivity index (χ1v) is 3.86. The second kappa shape index (κ2) is 3.91. The van der Waals surface area contributed by atoms with Gasteiger partial charge in [0.25, 0.3) is 0 Å². The number of aliphatic carboxylic acids is 1. The lowest BCUT2D eigenvalue weighted by Gasteiger charge is -2.05. The van der Waals surface area contributed by atoms with Crippen molar-refractivity contribution in [3.8, 4) is 5.75 Å². The highest BCUT2D eigenvalue weighted by molar-refractivity contribution is 5.73. The molecule has 0 aliphatic carbocycles. The summed E-state index contributed by atoms with van der Waals surface area (Å²) in [5, 5.41) is 17.5. The van der Waals surface area contributed by atoms with Crippen molar-refractivity contribution in [1.82, 2.24) is 0 Å². The molecule has 1 rings (SSSR count). The van der Waals surface area contributed by atoms with Gasteiger partial charge in [-0.1, -0.05) is 12.1 Å². The Balaban J connectivity index is 2.64. The zero-order valence-corrected chi connectivity index (χ0v) is 6.97. The Hall–Kier alpha value is -1.55. The van der Waals surface area contributed by atoms with Crippen LogP contribution in [0.5, 0.6) is 5.75 Å². The molecular formula is C9H11NO3. The second-order valence-electron chi connectivity index (χ2n) is 2.82. The Morgan fingerprint density at radius 2 is 1.92 bits per heavy atom. The van der Waals surface area contributed by atoms with Crippen LogP contribution in [0.1, 0.15) is 5.56 Å². The fourth-order valence-corrected chi connectivity index (χ4v) is 0.973. The number of aromatic hydroxyl groups is 1. The summed E-state index contributed by atoms with van der Waals surface area (Å²) < 4.78 is 0. The molecule has 13 heavy (non-hydrogen) atoms. The van der Waals surface area contributed by atoms with Crippen LogP contribution in [0.25, 0.3) is 0 Å². The van der Waals surface area contributed by atoms with Crippen molar-refractivity contribution < 1.29 is 15.0 Å². The van der Waals surface area contributed by atoms with Crippen molar-refractivity contribution in [3.05, 3.63) is 29.8 Å². The number of carboxylic acids is 1. The Labute approximate surface area is 75.6 Å². The molecule has 1 aromatic carbocycles. The highest BCUT2D eigenvalue weighted by Crippen LogP contribution is 2.10. The van der Waals surface area contributed by atoms with Gasteiger partial charge in [-0.2, -0.15) is 0 Å². The van der Waals surface area contributed by atoms with Gasteiger partial charge in [0.05, 0.1) is 0 Å². The van der Waals surface area contributed by atoms with Gasteiger partial charge < -0.3 is 15.9 Å². The summed E-state index contributed by atoms with van der Waals surface area (Å²) in [5.41, 5.74) is 6.12. The molecule has 0 unspecified atom stereocenters. The summed E-state index contributed by atoms with van der Waals surface area (Å²) in [6, 6.07) is 5.42. The van der Waals surface area contributed by atoms with E-state index in [0.717, 1.165) is 5.56 Å². The minimum Gasteiger partial charge on any atom is -0.508 e. The topological polar surface area (TPSA) is 83.5 Å². The standard InChI is InChI=1S/C9H11NO3/c10-8(9(12)13)5-6-1-3-7(11)4-2-6/h1-4,8,11H,5,10H2,(H,12,13)/t8-/m0/s1/i1+0,3+0,5+0,6+0,7+0,8+0. The minimum absolute atomic E-state index is 0.160. The zero-order chi connectivity index (χ0) is 9.84. The summed E-state index contributed by atoms with van der Waals surface area (Å²) in [4.78, 5) is 10.4. The highest BCUT2D eigenvalue weighted by Gasteiger charge is 2.11. The third-order valence-corrected chi connectivity index (χ3v) is 1.71. The molecule has 0 radical (unpaired) electrons. The van der Waals surface area contributed by atoms with Gasteiger partial charge in [0.1, 0.15) is 11.8 Å². The van der Waals surface area contributed by atoms with Gasteiger partial charge in [-0.25, -0.2) is 0 Å². The first-order chi connectivity index (χ1) is 6.09. The highest BCUT2D eigenvalue weighted by atomic mass is 16.4. The van der Waals surface area contributed by atoms with Gasteiger partial charge in [0, 0.05) is 0 Å². The van der Waals surface area contributed by atoms with Crippen LogP contribution in [-0.2, 0) is 11.2 Å². The summed E-state index contributed by atoms with van der Waals surface area (Å²) in [7, 11) is 0. The van der Waals surface area contributed by atoms with Gasteiger partial charge in [-0.05, 0) is 24.1 Å². The van der Waals surface area contributed by atoms with Crippen molar-refractivity contribution in [1.29, 1.82) is 0 Å². The lowest BCUT2D eigenvalue weighted by atomic mass is 10.1. The first kappa shape index (κ1) is 9.54. The fraction of sp³-hybridized carbons (Fsp3) is 0.222. The number of rotatable bonds is 3. The first-order valence-electron chi connectivity index (χ1n) is 3.86. The van der Waals surface area contributed by atoms with Crippen LogP contribution in [0.4, 0.5) is 0 Å². The Morgan fingerprint density at radius 1 is 1.38 bits per heavy atom. The summed E-state index contributed by atoms with van der Waals surface area (Å²) in [6.45, 7) is 0. The monoisotopic (exact) mass is 181 g/mol. The quantitative estimate of drug-likeness (QED) is 0.628. The number of hydrogen-bond donors (Lipinski definition) is 3. The molecule has 0 saturated carbocycles. The maximum absolute atomic E-state index is 10.4. The maximum Gasteiger partial charge on any atom is 0.320 e. The number of benzene rings is 1. The van der Waals surface area contributed by atoms with Crippen LogP contribution >= 0.6 is 0 Å². The molecular weight excluding hydrogens is 170 g/mol. The van der Waals surface area contributed by atoms with Gasteiger partial charge in [0.2, 0.25) is 0 Å². The smallest absolute Gasteiger partial charge is 0.320 e. The molecule has 0 aliphatic rings. The number of carboxylic acid groups (broad SMARTS) is 1. The zero-order valence-electron chi connectivity index (χ0n) is 6.97. The number of carbonyl (C=O) groups is 1. The molecule has 0 spiro atoms. The molecule has 0 saturated heterocycles. The molecule has 4 nitrogen and oxygen atoms in total. The van der Waals surface area contributed by atoms with E-state index in [4.69, 9.17) is 15.9 Å². The number of hydrogen-bond acceptors (Lipinski definition) is 3. The van der Waals surface area contributed by atoms with Crippen molar-refractivity contribution in [2.24, 2.45) is 5.73 Å². The van der Waals surface area contributed by atoms with E-state index in [1.807, 2.05) is 0 Å². The normalized spacial score (nSPS) is 12.4. The third-order valence-electron chi connectivity index (χ3n) is 1.71. The lowest BCUT2D eigenvalue weighted by Crippen LogP contribution is -2.32. The van der Waals surface area contributed by atoms with Gasteiger partial charge >= 0.3 is 5.97 Å². The number of phenols is 1. The van der Waals surface area contributed by atoms with Crippen LogP contribution in [0.3, 0.4) is 0 Å². The molecule has 70 valence electrons. The molecule has 4 N–H and O–H groups in total. The SMILES string of the molecule is N[12C@@H]([12CH2][12c]1cc[12c](O)[12cH][12cH]1)C(=O)O. The predicted molar refractivity (Wildman–Crippen MR) is 47.4 cm³/mol. The van der Waals surface area contributed by atoms with E-state index in [1.165, 1.54) is 12.1 Å². The average molecular weight is 181 g/mol. The van der Waals surface area contributed by atoms with Gasteiger partial charge in [-0.3, -0.25) is 4.79 Å². The van der Waals surface area contributed by atoms with E-state index >= 15 is 0 Å². The van der Waals surface area contributed by atoms with E-state index in [9.17, 15) is 4.79 Å². The largest absolute Gasteiger partial charge is 0.508 e. The fourth-order valence-electron chi connectivity index (χ4n) is 0.973. The second-order valence-corrected chi connectivity index (χ2v) is 2.82. The molecule has 0 aliphatic heterocycles. The molecule has 1 atom stereocenters. The van der Waals surface area contributed by atoms with Crippen LogP contribution < -0.4 is 5.73 Å². The predicted octanol–water partition coefficient (Wildman–Crippen LogP) is 0.347. The third kappa shape index (κ3) is 2.76. The minimum atomic E-state index is -1.02. The molecule has 0 aromatic heterocycles. The maximum atomic E-state index is 10.4. The molecule has 0 heterocycles. The van der Waals surface area contributed by atoms with Crippen LogP contribution in [0.2, 0.25) is 0 Å². The van der Waals surface area contributed by atoms with Gasteiger partial charge in [-0.15, -0.1) is 0 Å². The van der Waals surface area contributed by atoms with Crippen molar-refractivity contribution in [2.45, 2.75) is 12.5 Å². The van der Waals surface area contributed by atoms with Crippen LogP contribution in [0, 0.1) is 0 Å². The molecule has 0 amide bonds. The van der Waals surface area contributed by atoms with E-state index < -0.39 is 12.0 Å². The van der Waals surface area contributed by atoms with Crippen molar-refractivity contribution >= 4 is 5.97 Å². The van der Waals surface area contributed by atoms with E-state index in [2.05, 4.69) is 0 Å². The van der Waals surface area contributed by atoms with Crippen molar-refractivity contribution in [2.75, 3.05) is 0 Å². The Morgan fingerprint density at radius 3 is 2.38 bits per heavy atom. The molecule has 4 heteroatoms. The van der Waals surface area contributed by atoms with Crippen LogP contribution in [-0.4, -0.2) is 22.2 Å². The van der Waals surface area contributed by atoms with E-state index in [0.29, 0.717) is 0 Å². The molecule has 1 aromatic rings. The summed E-state index contributed by atoms with van der Waals surface area (Å²) in [5.74, 6) is -0.860. The Kier molecular flexibility index (Phi) is 2.87. The Bertz CT molecular complexity index is 294. The molecule has 0 fully saturated rings. The van der Waals surface area contributed by atoms with Gasteiger partial charge in [0.15, 0.2) is 0 Å². The van der Waals surface area contributed by atoms with E-state index in [-0.39, 0.29) is 12.2 Å². The van der Waals surface area contributed by atoms with Crippen LogP contribution in [0.15, 0.2) is 24.3 Å². The van der Waals surface area contributed by atoms with E-state index in [1.54, 1.807) is 12.1 Å². The van der Waals surface area contributed by atoms with Crippen molar-refractivity contribution in [3.63, 3.8) is 0 Å². The number of nitrogens with two attached hydrogens (primary N) is 1.